The lowest BCUT2D eigenvalue weighted by Crippen LogP contribution is -2.46. The number of carbonyl (C=O) groups is 1. The highest BCUT2D eigenvalue weighted by Crippen LogP contribution is 2.16. The van der Waals surface area contributed by atoms with E-state index in [0.717, 1.165) is 5.57 Å². The van der Waals surface area contributed by atoms with Crippen LogP contribution < -0.4 is 5.32 Å². The Morgan fingerprint density at radius 2 is 1.71 bits per heavy atom. The van der Waals surface area contributed by atoms with E-state index in [4.69, 9.17) is 0 Å². The van der Waals surface area contributed by atoms with E-state index in [1.807, 2.05) is 6.92 Å². The molecule has 17 heavy (non-hydrogen) atoms. The zero-order valence-electron chi connectivity index (χ0n) is 11.4. The van der Waals surface area contributed by atoms with E-state index in [-0.39, 0.29) is 18.0 Å². The van der Waals surface area contributed by atoms with E-state index in [0.29, 0.717) is 10.9 Å². The van der Waals surface area contributed by atoms with Crippen LogP contribution in [0.3, 0.4) is 0 Å². The highest BCUT2D eigenvalue weighted by atomic mass is 32.1. The molecule has 0 bridgehead atoms. The second-order valence-electron chi connectivity index (χ2n) is 4.67. The van der Waals surface area contributed by atoms with Crippen molar-refractivity contribution in [1.82, 2.24) is 10.2 Å². The van der Waals surface area contributed by atoms with E-state index >= 15 is 0 Å². The molecular formula is C13H24N2OS. The second kappa shape index (κ2) is 6.74. The quantitative estimate of drug-likeness (QED) is 0.565. The first kappa shape index (κ1) is 16.1. The van der Waals surface area contributed by atoms with Gasteiger partial charge in [0.2, 0.25) is 5.91 Å². The summed E-state index contributed by atoms with van der Waals surface area (Å²) < 4.78 is 0. The molecule has 0 aromatic carbocycles. The standard InChI is InChI=1S/C13H24N2OS/c1-8(2)9(3)11(5)15(7)13(16)10(4)14-12(6)17/h8,10-11,14,17H,3,6H2,1-2,4-5,7H3. The Labute approximate surface area is 110 Å². The number of thiol groups is 1. The summed E-state index contributed by atoms with van der Waals surface area (Å²) in [5, 5.41) is 3.39. The summed E-state index contributed by atoms with van der Waals surface area (Å²) in [6.07, 6.45) is 0. The smallest absolute Gasteiger partial charge is 0.245 e. The van der Waals surface area contributed by atoms with Crippen molar-refractivity contribution in [2.45, 2.75) is 39.8 Å². The Morgan fingerprint density at radius 1 is 1.24 bits per heavy atom. The first-order chi connectivity index (χ1) is 7.68. The molecule has 1 amide bonds. The van der Waals surface area contributed by atoms with Crippen molar-refractivity contribution < 1.29 is 4.79 Å². The summed E-state index contributed by atoms with van der Waals surface area (Å²) in [6, 6.07) is -0.299. The van der Waals surface area contributed by atoms with Crippen LogP contribution in [-0.2, 0) is 4.79 Å². The van der Waals surface area contributed by atoms with Gasteiger partial charge in [-0.1, -0.05) is 32.6 Å². The molecule has 0 aliphatic carbocycles. The first-order valence-corrected chi connectivity index (χ1v) is 6.23. The lowest BCUT2D eigenvalue weighted by molar-refractivity contribution is -0.132. The number of amides is 1. The van der Waals surface area contributed by atoms with Crippen LogP contribution in [0.25, 0.3) is 0 Å². The van der Waals surface area contributed by atoms with Crippen LogP contribution in [0, 0.1) is 5.92 Å². The monoisotopic (exact) mass is 256 g/mol. The number of nitrogens with zero attached hydrogens (tertiary/aromatic N) is 1. The molecule has 2 unspecified atom stereocenters. The van der Waals surface area contributed by atoms with E-state index in [2.05, 4.69) is 45.0 Å². The lowest BCUT2D eigenvalue weighted by atomic mass is 9.97. The molecule has 0 saturated carbocycles. The predicted octanol–water partition coefficient (Wildman–Crippen LogP) is 2.42. The van der Waals surface area contributed by atoms with Crippen LogP contribution >= 0.6 is 12.6 Å². The molecule has 0 aliphatic heterocycles. The summed E-state index contributed by atoms with van der Waals surface area (Å²) in [5.74, 6) is 0.373. The SMILES string of the molecule is C=C(S)NC(C)C(=O)N(C)C(C)C(=C)C(C)C. The van der Waals surface area contributed by atoms with Gasteiger partial charge >= 0.3 is 0 Å². The Bertz CT molecular complexity index is 313. The van der Waals surface area contributed by atoms with Gasteiger partial charge in [-0.05, 0) is 19.8 Å². The number of hydrogen-bond acceptors (Lipinski definition) is 3. The fourth-order valence-electron chi connectivity index (χ4n) is 1.54. The fraction of sp³-hybridized carbons (Fsp3) is 0.615. The van der Waals surface area contributed by atoms with Crippen molar-refractivity contribution in [3.63, 3.8) is 0 Å². The van der Waals surface area contributed by atoms with Crippen LogP contribution in [0.15, 0.2) is 23.8 Å². The molecule has 0 heterocycles. The molecule has 0 aliphatic rings. The summed E-state index contributed by atoms with van der Waals surface area (Å²) in [5.41, 5.74) is 1.05. The number of nitrogens with one attached hydrogen (secondary N) is 1. The maximum Gasteiger partial charge on any atom is 0.245 e. The summed E-state index contributed by atoms with van der Waals surface area (Å²) in [4.78, 5) is 13.8. The third-order valence-corrected chi connectivity index (χ3v) is 3.09. The molecule has 0 aromatic heterocycles. The topological polar surface area (TPSA) is 32.3 Å². The zero-order chi connectivity index (χ0) is 13.7. The highest BCUT2D eigenvalue weighted by molar-refractivity contribution is 7.84. The molecule has 0 spiro atoms. The van der Waals surface area contributed by atoms with Gasteiger partial charge in [-0.3, -0.25) is 4.79 Å². The van der Waals surface area contributed by atoms with Crippen LogP contribution in [0.2, 0.25) is 0 Å². The van der Waals surface area contributed by atoms with Gasteiger partial charge in [-0.15, -0.1) is 12.6 Å². The van der Waals surface area contributed by atoms with E-state index in [1.54, 1.807) is 18.9 Å². The molecule has 2 atom stereocenters. The molecule has 4 heteroatoms. The van der Waals surface area contributed by atoms with Gasteiger partial charge in [-0.25, -0.2) is 0 Å². The molecule has 98 valence electrons. The van der Waals surface area contributed by atoms with Gasteiger partial charge in [0.05, 0.1) is 5.03 Å². The molecule has 1 N–H and O–H groups in total. The molecule has 0 rings (SSSR count). The zero-order valence-corrected chi connectivity index (χ0v) is 12.3. The number of carbonyl (C=O) groups excluding carboxylic acids is 1. The van der Waals surface area contributed by atoms with Crippen molar-refractivity contribution in [3.05, 3.63) is 23.8 Å². The van der Waals surface area contributed by atoms with Crippen LogP contribution in [0.5, 0.6) is 0 Å². The molecular weight excluding hydrogens is 232 g/mol. The fourth-order valence-corrected chi connectivity index (χ4v) is 1.73. The van der Waals surface area contributed by atoms with Gasteiger partial charge < -0.3 is 10.2 Å². The van der Waals surface area contributed by atoms with Gasteiger partial charge in [0.15, 0.2) is 0 Å². The average Bonchev–Trinajstić information content (AvgIpc) is 2.23. The van der Waals surface area contributed by atoms with Gasteiger partial charge in [0.25, 0.3) is 0 Å². The first-order valence-electron chi connectivity index (χ1n) is 5.78. The minimum Gasteiger partial charge on any atom is -0.369 e. The molecule has 0 fully saturated rings. The third-order valence-electron chi connectivity index (χ3n) is 2.96. The maximum absolute atomic E-state index is 12.1. The molecule has 0 aromatic rings. The summed E-state index contributed by atoms with van der Waals surface area (Å²) >= 11 is 4.03. The molecule has 0 radical (unpaired) electrons. The minimum absolute atomic E-state index is 0.00880. The number of hydrogen-bond donors (Lipinski definition) is 2. The predicted molar refractivity (Wildman–Crippen MR) is 76.9 cm³/mol. The maximum atomic E-state index is 12.1. The van der Waals surface area contributed by atoms with Crippen molar-refractivity contribution in [1.29, 1.82) is 0 Å². The van der Waals surface area contributed by atoms with E-state index in [9.17, 15) is 4.79 Å². The minimum atomic E-state index is -0.326. The normalized spacial score (nSPS) is 14.1. The molecule has 3 nitrogen and oxygen atoms in total. The van der Waals surface area contributed by atoms with Gasteiger partial charge in [0.1, 0.15) is 6.04 Å². The van der Waals surface area contributed by atoms with Crippen LogP contribution in [0.4, 0.5) is 0 Å². The Hall–Kier alpha value is -0.900. The lowest BCUT2D eigenvalue weighted by Gasteiger charge is -2.31. The summed E-state index contributed by atoms with van der Waals surface area (Å²) in [6.45, 7) is 15.6. The Kier molecular flexibility index (Phi) is 6.39. The highest BCUT2D eigenvalue weighted by Gasteiger charge is 2.23. The van der Waals surface area contributed by atoms with Crippen LogP contribution in [-0.4, -0.2) is 29.9 Å². The Morgan fingerprint density at radius 3 is 2.06 bits per heavy atom. The van der Waals surface area contributed by atoms with Crippen molar-refractivity contribution in [2.24, 2.45) is 5.92 Å². The van der Waals surface area contributed by atoms with E-state index in [1.165, 1.54) is 0 Å². The second-order valence-corrected chi connectivity index (χ2v) is 5.21. The van der Waals surface area contributed by atoms with E-state index < -0.39 is 0 Å². The number of likely N-dealkylation sites (N-methyl/N-ethyl adjacent to an activating group) is 1. The largest absolute Gasteiger partial charge is 0.369 e. The molecule has 0 saturated heterocycles. The van der Waals surface area contributed by atoms with Crippen molar-refractivity contribution in [2.75, 3.05) is 7.05 Å². The van der Waals surface area contributed by atoms with Crippen LogP contribution in [0.1, 0.15) is 27.7 Å². The van der Waals surface area contributed by atoms with Crippen molar-refractivity contribution in [3.8, 4) is 0 Å². The Balaban J connectivity index is 4.59. The number of rotatable bonds is 6. The summed E-state index contributed by atoms with van der Waals surface area (Å²) in [7, 11) is 1.79. The van der Waals surface area contributed by atoms with Crippen molar-refractivity contribution >= 4 is 18.5 Å². The van der Waals surface area contributed by atoms with Gasteiger partial charge in [-0.2, -0.15) is 0 Å². The van der Waals surface area contributed by atoms with Gasteiger partial charge in [0, 0.05) is 13.1 Å². The third kappa shape index (κ3) is 4.86. The average molecular weight is 256 g/mol.